The molecule has 0 bridgehead atoms. The predicted octanol–water partition coefficient (Wildman–Crippen LogP) is 3.03. The highest BCUT2D eigenvalue weighted by molar-refractivity contribution is 5.65. The van der Waals surface area contributed by atoms with Crippen LogP contribution in [0.5, 0.6) is 0 Å². The smallest absolute Gasteiger partial charge is 0.407 e. The number of anilines is 1. The van der Waals surface area contributed by atoms with E-state index < -0.39 is 6.09 Å². The van der Waals surface area contributed by atoms with Crippen LogP contribution in [0.1, 0.15) is 37.3 Å². The summed E-state index contributed by atoms with van der Waals surface area (Å²) in [5.74, 6) is 0. The number of benzene rings is 1. The first-order valence-electron chi connectivity index (χ1n) is 9.66. The number of carbonyl (C=O) groups is 1. The molecule has 0 aromatic heterocycles. The molecule has 1 amide bonds. The van der Waals surface area contributed by atoms with Crippen LogP contribution in [0, 0.1) is 5.41 Å². The number of rotatable bonds is 3. The molecular weight excluding hydrogens is 314 g/mol. The lowest BCUT2D eigenvalue weighted by molar-refractivity contribution is -0.0471. The number of fused-ring (bicyclic) bond motifs is 1. The van der Waals surface area contributed by atoms with Gasteiger partial charge >= 0.3 is 6.09 Å². The molecule has 4 rings (SSSR count). The van der Waals surface area contributed by atoms with Gasteiger partial charge in [-0.15, -0.1) is 0 Å². The number of hydrogen-bond donors (Lipinski definition) is 1. The summed E-state index contributed by atoms with van der Waals surface area (Å²) >= 11 is 0. The number of carboxylic acid groups (broad SMARTS) is 1. The van der Waals surface area contributed by atoms with Crippen LogP contribution in [0.3, 0.4) is 0 Å². The van der Waals surface area contributed by atoms with E-state index >= 15 is 0 Å². The quantitative estimate of drug-likeness (QED) is 0.916. The molecule has 0 radical (unpaired) electrons. The van der Waals surface area contributed by atoms with Crippen molar-refractivity contribution < 1.29 is 9.90 Å². The first-order chi connectivity index (χ1) is 12.1. The maximum atomic E-state index is 11.1. The lowest BCUT2D eigenvalue weighted by Gasteiger charge is -2.54. The highest BCUT2D eigenvalue weighted by Crippen LogP contribution is 2.42. The molecule has 0 atom stereocenters. The fourth-order valence-corrected chi connectivity index (χ4v) is 5.01. The molecule has 0 saturated carbocycles. The standard InChI is InChI=1S/C20H29N3O2/c1-2-22-10-4-7-16-5-3-6-17(18(16)22)13-21-14-20(15-21)8-11-23(12-9-20)19(24)25/h3,5-6H,2,4,7-15H2,1H3,(H,24,25). The molecule has 2 saturated heterocycles. The van der Waals surface area contributed by atoms with Gasteiger partial charge in [0.1, 0.15) is 0 Å². The van der Waals surface area contributed by atoms with E-state index in [0.29, 0.717) is 18.5 Å². The second-order valence-electron chi connectivity index (χ2n) is 8.02. The fraction of sp³-hybridized carbons (Fsp3) is 0.650. The number of aryl methyl sites for hydroxylation is 1. The topological polar surface area (TPSA) is 47.0 Å². The fourth-order valence-electron chi connectivity index (χ4n) is 5.01. The van der Waals surface area contributed by atoms with Gasteiger partial charge in [0.05, 0.1) is 0 Å². The van der Waals surface area contributed by atoms with Gasteiger partial charge in [0, 0.05) is 51.5 Å². The molecular formula is C20H29N3O2. The number of para-hydroxylation sites is 1. The van der Waals surface area contributed by atoms with Gasteiger partial charge in [-0.1, -0.05) is 18.2 Å². The molecule has 5 nitrogen and oxygen atoms in total. The van der Waals surface area contributed by atoms with Crippen LogP contribution in [0.4, 0.5) is 10.5 Å². The van der Waals surface area contributed by atoms with Crippen LogP contribution >= 0.6 is 0 Å². The second-order valence-corrected chi connectivity index (χ2v) is 8.02. The highest BCUT2D eigenvalue weighted by atomic mass is 16.4. The third-order valence-corrected chi connectivity index (χ3v) is 6.38. The van der Waals surface area contributed by atoms with Crippen LogP contribution in [0.25, 0.3) is 0 Å². The summed E-state index contributed by atoms with van der Waals surface area (Å²) in [6.07, 6.45) is 3.74. The lowest BCUT2D eigenvalue weighted by atomic mass is 9.72. The predicted molar refractivity (Wildman–Crippen MR) is 99.2 cm³/mol. The minimum absolute atomic E-state index is 0.366. The molecule has 136 valence electrons. The Labute approximate surface area is 150 Å². The Balaban J connectivity index is 1.40. The van der Waals surface area contributed by atoms with Crippen molar-refractivity contribution in [3.05, 3.63) is 29.3 Å². The zero-order valence-electron chi connectivity index (χ0n) is 15.2. The monoisotopic (exact) mass is 343 g/mol. The Kier molecular flexibility index (Phi) is 4.36. The summed E-state index contributed by atoms with van der Waals surface area (Å²) in [4.78, 5) is 17.7. The van der Waals surface area contributed by atoms with Gasteiger partial charge in [0.15, 0.2) is 0 Å². The van der Waals surface area contributed by atoms with Crippen LogP contribution in [-0.4, -0.2) is 60.3 Å². The first kappa shape index (κ1) is 16.7. The third kappa shape index (κ3) is 3.10. The van der Waals surface area contributed by atoms with Gasteiger partial charge in [-0.25, -0.2) is 4.79 Å². The Morgan fingerprint density at radius 1 is 1.20 bits per heavy atom. The van der Waals surface area contributed by atoms with Crippen molar-refractivity contribution in [3.8, 4) is 0 Å². The van der Waals surface area contributed by atoms with Gasteiger partial charge in [0.2, 0.25) is 0 Å². The largest absolute Gasteiger partial charge is 0.465 e. The van der Waals surface area contributed by atoms with Crippen LogP contribution in [0.15, 0.2) is 18.2 Å². The van der Waals surface area contributed by atoms with E-state index in [1.54, 1.807) is 4.90 Å². The number of amides is 1. The van der Waals surface area contributed by atoms with Gasteiger partial charge in [-0.3, -0.25) is 4.90 Å². The average Bonchev–Trinajstić information content (AvgIpc) is 2.60. The van der Waals surface area contributed by atoms with E-state index in [9.17, 15) is 4.79 Å². The Bertz CT molecular complexity index is 644. The number of hydrogen-bond acceptors (Lipinski definition) is 3. The van der Waals surface area contributed by atoms with Crippen molar-refractivity contribution in [1.82, 2.24) is 9.80 Å². The zero-order chi connectivity index (χ0) is 17.4. The van der Waals surface area contributed by atoms with E-state index in [1.807, 2.05) is 0 Å². The second kappa shape index (κ2) is 6.52. The summed E-state index contributed by atoms with van der Waals surface area (Å²) in [5, 5.41) is 9.12. The number of nitrogens with zero attached hydrogens (tertiary/aromatic N) is 3. The molecule has 0 unspecified atom stereocenters. The minimum Gasteiger partial charge on any atom is -0.465 e. The molecule has 3 aliphatic rings. The Morgan fingerprint density at radius 2 is 1.96 bits per heavy atom. The lowest BCUT2D eigenvalue weighted by Crippen LogP contribution is -2.60. The summed E-state index contributed by atoms with van der Waals surface area (Å²) in [5.41, 5.74) is 4.83. The van der Waals surface area contributed by atoms with Gasteiger partial charge in [-0.05, 0) is 49.1 Å². The summed E-state index contributed by atoms with van der Waals surface area (Å²) in [7, 11) is 0. The normalized spacial score (nSPS) is 22.6. The highest BCUT2D eigenvalue weighted by Gasteiger charge is 2.45. The van der Waals surface area contributed by atoms with E-state index in [1.165, 1.54) is 36.2 Å². The molecule has 3 aliphatic heterocycles. The molecule has 25 heavy (non-hydrogen) atoms. The van der Waals surface area contributed by atoms with E-state index in [4.69, 9.17) is 5.11 Å². The Hall–Kier alpha value is -1.75. The van der Waals surface area contributed by atoms with Crippen LogP contribution in [-0.2, 0) is 13.0 Å². The molecule has 1 aromatic rings. The van der Waals surface area contributed by atoms with Gasteiger partial charge in [-0.2, -0.15) is 0 Å². The summed E-state index contributed by atoms with van der Waals surface area (Å²) in [6.45, 7) is 9.19. The molecule has 1 N–H and O–H groups in total. The molecule has 5 heteroatoms. The summed E-state index contributed by atoms with van der Waals surface area (Å²) < 4.78 is 0. The van der Waals surface area contributed by atoms with E-state index in [-0.39, 0.29) is 0 Å². The van der Waals surface area contributed by atoms with Crippen molar-refractivity contribution in [3.63, 3.8) is 0 Å². The molecule has 1 aromatic carbocycles. The van der Waals surface area contributed by atoms with Crippen molar-refractivity contribution in [2.75, 3.05) is 44.2 Å². The Morgan fingerprint density at radius 3 is 2.64 bits per heavy atom. The first-order valence-corrected chi connectivity index (χ1v) is 9.66. The summed E-state index contributed by atoms with van der Waals surface area (Å²) in [6, 6.07) is 6.80. The molecule has 0 aliphatic carbocycles. The van der Waals surface area contributed by atoms with Crippen molar-refractivity contribution >= 4 is 11.8 Å². The molecule has 3 heterocycles. The van der Waals surface area contributed by atoms with Crippen LogP contribution < -0.4 is 4.90 Å². The zero-order valence-corrected chi connectivity index (χ0v) is 15.2. The van der Waals surface area contributed by atoms with E-state index in [0.717, 1.165) is 39.0 Å². The molecule has 2 fully saturated rings. The van der Waals surface area contributed by atoms with E-state index in [2.05, 4.69) is 34.9 Å². The average molecular weight is 343 g/mol. The van der Waals surface area contributed by atoms with Crippen LogP contribution in [0.2, 0.25) is 0 Å². The van der Waals surface area contributed by atoms with Gasteiger partial charge in [0.25, 0.3) is 0 Å². The van der Waals surface area contributed by atoms with Crippen molar-refractivity contribution in [1.29, 1.82) is 0 Å². The SMILES string of the molecule is CCN1CCCc2cccc(CN3CC4(CCN(C(=O)O)CC4)C3)c21. The van der Waals surface area contributed by atoms with Crippen molar-refractivity contribution in [2.24, 2.45) is 5.41 Å². The van der Waals surface area contributed by atoms with Crippen molar-refractivity contribution in [2.45, 2.75) is 39.2 Å². The minimum atomic E-state index is -0.762. The third-order valence-electron chi connectivity index (χ3n) is 6.38. The maximum Gasteiger partial charge on any atom is 0.407 e. The molecule has 1 spiro atoms. The number of piperidine rings is 1. The maximum absolute atomic E-state index is 11.1. The number of likely N-dealkylation sites (tertiary alicyclic amines) is 2. The van der Waals surface area contributed by atoms with Gasteiger partial charge < -0.3 is 14.9 Å².